The van der Waals surface area contributed by atoms with Gasteiger partial charge in [-0.15, -0.1) is 0 Å². The predicted octanol–water partition coefficient (Wildman–Crippen LogP) is 3.24. The number of hydrogen-bond donors (Lipinski definition) is 0. The highest BCUT2D eigenvalue weighted by atomic mass is 16.5. The van der Waals surface area contributed by atoms with Crippen molar-refractivity contribution in [3.63, 3.8) is 0 Å². The lowest BCUT2D eigenvalue weighted by Crippen LogP contribution is -2.38. The summed E-state index contributed by atoms with van der Waals surface area (Å²) in [5.74, 6) is 0.110. The van der Waals surface area contributed by atoms with Crippen molar-refractivity contribution in [2.24, 2.45) is 0 Å². The SMILES string of the molecule is O=C(Cn1ccc2ccccc21)N(Cc1ccncc1)CC1CCCO1. The monoisotopic (exact) mass is 349 g/mol. The Morgan fingerprint density at radius 2 is 2.04 bits per heavy atom. The van der Waals surface area contributed by atoms with Crippen LogP contribution < -0.4 is 0 Å². The average Bonchev–Trinajstić information content (AvgIpc) is 3.32. The summed E-state index contributed by atoms with van der Waals surface area (Å²) in [5.41, 5.74) is 2.17. The maximum absolute atomic E-state index is 13.1. The number of rotatable bonds is 6. The van der Waals surface area contributed by atoms with E-state index in [9.17, 15) is 4.79 Å². The minimum absolute atomic E-state index is 0.110. The Balaban J connectivity index is 1.52. The molecule has 0 saturated carbocycles. The molecule has 3 heterocycles. The lowest BCUT2D eigenvalue weighted by Gasteiger charge is -2.26. The quantitative estimate of drug-likeness (QED) is 0.686. The summed E-state index contributed by atoms with van der Waals surface area (Å²) in [6, 6.07) is 14.1. The number of nitrogens with zero attached hydrogens (tertiary/aromatic N) is 3. The van der Waals surface area contributed by atoms with Crippen LogP contribution in [-0.2, 0) is 22.6 Å². The first-order valence-electron chi connectivity index (χ1n) is 9.12. The largest absolute Gasteiger partial charge is 0.376 e. The van der Waals surface area contributed by atoms with Gasteiger partial charge < -0.3 is 14.2 Å². The second-order valence-corrected chi connectivity index (χ2v) is 6.77. The first-order chi connectivity index (χ1) is 12.8. The number of ether oxygens (including phenoxy) is 1. The summed E-state index contributed by atoms with van der Waals surface area (Å²) in [5, 5.41) is 1.15. The Labute approximate surface area is 153 Å². The van der Waals surface area contributed by atoms with Gasteiger partial charge in [-0.3, -0.25) is 9.78 Å². The molecular weight excluding hydrogens is 326 g/mol. The number of benzene rings is 1. The van der Waals surface area contributed by atoms with Gasteiger partial charge >= 0.3 is 0 Å². The van der Waals surface area contributed by atoms with Crippen LogP contribution in [0.15, 0.2) is 61.1 Å². The van der Waals surface area contributed by atoms with Crippen LogP contribution in [0.25, 0.3) is 10.9 Å². The van der Waals surface area contributed by atoms with Gasteiger partial charge in [0, 0.05) is 43.8 Å². The van der Waals surface area contributed by atoms with Crippen LogP contribution in [0, 0.1) is 0 Å². The normalized spacial score (nSPS) is 16.8. The number of carbonyl (C=O) groups is 1. The molecule has 0 aliphatic carbocycles. The second kappa shape index (κ2) is 7.70. The molecule has 1 aromatic carbocycles. The van der Waals surface area contributed by atoms with Crippen molar-refractivity contribution in [3.8, 4) is 0 Å². The van der Waals surface area contributed by atoms with Gasteiger partial charge in [0.2, 0.25) is 5.91 Å². The van der Waals surface area contributed by atoms with E-state index in [0.717, 1.165) is 35.9 Å². The maximum Gasteiger partial charge on any atom is 0.242 e. The van der Waals surface area contributed by atoms with Crippen LogP contribution in [-0.4, -0.2) is 39.6 Å². The maximum atomic E-state index is 13.1. The summed E-state index contributed by atoms with van der Waals surface area (Å²) in [6.07, 6.45) is 7.76. The molecule has 2 aromatic heterocycles. The van der Waals surface area contributed by atoms with Crippen molar-refractivity contribution in [3.05, 3.63) is 66.6 Å². The lowest BCUT2D eigenvalue weighted by molar-refractivity contribution is -0.134. The highest BCUT2D eigenvalue weighted by Gasteiger charge is 2.23. The Bertz CT molecular complexity index is 869. The van der Waals surface area contributed by atoms with E-state index >= 15 is 0 Å². The van der Waals surface area contributed by atoms with Crippen molar-refractivity contribution in [2.45, 2.75) is 32.0 Å². The molecule has 1 amide bonds. The van der Waals surface area contributed by atoms with Crippen molar-refractivity contribution in [1.82, 2.24) is 14.5 Å². The number of para-hydroxylation sites is 1. The molecule has 0 bridgehead atoms. The van der Waals surface area contributed by atoms with Crippen molar-refractivity contribution < 1.29 is 9.53 Å². The molecule has 1 saturated heterocycles. The Morgan fingerprint density at radius 3 is 2.85 bits per heavy atom. The Kier molecular flexibility index (Phi) is 4.97. The molecule has 1 aliphatic rings. The number of carbonyl (C=O) groups excluding carboxylic acids is 1. The second-order valence-electron chi connectivity index (χ2n) is 6.77. The molecule has 5 heteroatoms. The minimum Gasteiger partial charge on any atom is -0.376 e. The highest BCUT2D eigenvalue weighted by Crippen LogP contribution is 2.18. The molecule has 3 aromatic rings. The zero-order chi connectivity index (χ0) is 17.8. The number of hydrogen-bond acceptors (Lipinski definition) is 3. The van der Waals surface area contributed by atoms with E-state index in [1.54, 1.807) is 12.4 Å². The first-order valence-corrected chi connectivity index (χ1v) is 9.12. The molecule has 1 atom stereocenters. The lowest BCUT2D eigenvalue weighted by atomic mass is 10.2. The van der Waals surface area contributed by atoms with Gasteiger partial charge in [0.25, 0.3) is 0 Å². The molecule has 26 heavy (non-hydrogen) atoms. The standard InChI is InChI=1S/C21H23N3O2/c25-21(16-23-12-9-18-4-1-2-6-20(18)23)24(15-19-5-3-13-26-19)14-17-7-10-22-11-8-17/h1-2,4,6-12,19H,3,5,13-16H2. The van der Waals surface area contributed by atoms with E-state index in [0.29, 0.717) is 19.6 Å². The van der Waals surface area contributed by atoms with E-state index in [2.05, 4.69) is 23.2 Å². The molecular formula is C21H23N3O2. The van der Waals surface area contributed by atoms with Gasteiger partial charge in [-0.1, -0.05) is 18.2 Å². The van der Waals surface area contributed by atoms with Gasteiger partial charge in [-0.25, -0.2) is 0 Å². The molecule has 4 rings (SSSR count). The molecule has 1 fully saturated rings. The number of aromatic nitrogens is 2. The summed E-state index contributed by atoms with van der Waals surface area (Å²) in [7, 11) is 0. The minimum atomic E-state index is 0.110. The van der Waals surface area contributed by atoms with Crippen LogP contribution >= 0.6 is 0 Å². The molecule has 0 radical (unpaired) electrons. The fourth-order valence-corrected chi connectivity index (χ4v) is 3.52. The van der Waals surface area contributed by atoms with Gasteiger partial charge in [-0.05, 0) is 48.1 Å². The number of pyridine rings is 1. The van der Waals surface area contributed by atoms with Crippen LogP contribution in [0.1, 0.15) is 18.4 Å². The van der Waals surface area contributed by atoms with Crippen LogP contribution in [0.5, 0.6) is 0 Å². The summed E-state index contributed by atoms with van der Waals surface area (Å²) >= 11 is 0. The molecule has 0 N–H and O–H groups in total. The van der Waals surface area contributed by atoms with E-state index in [-0.39, 0.29) is 12.0 Å². The summed E-state index contributed by atoms with van der Waals surface area (Å²) in [6.45, 7) is 2.36. The van der Waals surface area contributed by atoms with Gasteiger partial charge in [0.05, 0.1) is 6.10 Å². The third-order valence-corrected chi connectivity index (χ3v) is 4.91. The van der Waals surface area contributed by atoms with E-state index in [1.165, 1.54) is 0 Å². The van der Waals surface area contributed by atoms with E-state index in [1.807, 2.05) is 39.9 Å². The average molecular weight is 349 g/mol. The molecule has 134 valence electrons. The van der Waals surface area contributed by atoms with Crippen LogP contribution in [0.4, 0.5) is 0 Å². The Hall–Kier alpha value is -2.66. The van der Waals surface area contributed by atoms with Crippen molar-refractivity contribution in [1.29, 1.82) is 0 Å². The number of fused-ring (bicyclic) bond motifs is 1. The van der Waals surface area contributed by atoms with Gasteiger partial charge in [0.1, 0.15) is 6.54 Å². The fraction of sp³-hybridized carbons (Fsp3) is 0.333. The fourth-order valence-electron chi connectivity index (χ4n) is 3.52. The third kappa shape index (κ3) is 3.78. The van der Waals surface area contributed by atoms with Gasteiger partial charge in [0.15, 0.2) is 0 Å². The predicted molar refractivity (Wildman–Crippen MR) is 101 cm³/mol. The van der Waals surface area contributed by atoms with Crippen LogP contribution in [0.3, 0.4) is 0 Å². The van der Waals surface area contributed by atoms with Crippen LogP contribution in [0.2, 0.25) is 0 Å². The summed E-state index contributed by atoms with van der Waals surface area (Å²) < 4.78 is 7.78. The van der Waals surface area contributed by atoms with E-state index < -0.39 is 0 Å². The molecule has 1 unspecified atom stereocenters. The summed E-state index contributed by atoms with van der Waals surface area (Å²) in [4.78, 5) is 19.1. The third-order valence-electron chi connectivity index (χ3n) is 4.91. The van der Waals surface area contributed by atoms with Crippen molar-refractivity contribution >= 4 is 16.8 Å². The smallest absolute Gasteiger partial charge is 0.242 e. The van der Waals surface area contributed by atoms with Gasteiger partial charge in [-0.2, -0.15) is 0 Å². The number of amides is 1. The highest BCUT2D eigenvalue weighted by molar-refractivity contribution is 5.83. The molecule has 1 aliphatic heterocycles. The van der Waals surface area contributed by atoms with E-state index in [4.69, 9.17) is 4.74 Å². The topological polar surface area (TPSA) is 47.4 Å². The molecule has 0 spiro atoms. The first kappa shape index (κ1) is 16.8. The Morgan fingerprint density at radius 1 is 1.19 bits per heavy atom. The zero-order valence-corrected chi connectivity index (χ0v) is 14.8. The van der Waals surface area contributed by atoms with Crippen molar-refractivity contribution in [2.75, 3.05) is 13.2 Å². The molecule has 5 nitrogen and oxygen atoms in total. The zero-order valence-electron chi connectivity index (χ0n) is 14.8.